The van der Waals surface area contributed by atoms with Gasteiger partial charge in [-0.1, -0.05) is 30.3 Å². The molecule has 1 aromatic carbocycles. The second-order valence-corrected chi connectivity index (χ2v) is 8.63. The number of fused-ring (bicyclic) bond motifs is 1. The number of carboxylic acid groups (broad SMARTS) is 1. The van der Waals surface area contributed by atoms with E-state index in [4.69, 9.17) is 9.90 Å². The minimum absolute atomic E-state index is 0.0890. The van der Waals surface area contributed by atoms with Gasteiger partial charge in [0.25, 0.3) is 5.91 Å². The van der Waals surface area contributed by atoms with Gasteiger partial charge in [0.1, 0.15) is 0 Å². The van der Waals surface area contributed by atoms with E-state index in [0.717, 1.165) is 22.5 Å². The van der Waals surface area contributed by atoms with Crippen molar-refractivity contribution in [3.63, 3.8) is 0 Å². The second kappa shape index (κ2) is 8.97. The number of alkyl halides is 5. The molecule has 2 aromatic rings. The molecule has 0 unspecified atom stereocenters. The van der Waals surface area contributed by atoms with Crippen molar-refractivity contribution in [2.24, 2.45) is 7.05 Å². The Balaban J connectivity index is 0.000000406. The first-order valence-electron chi connectivity index (χ1n) is 10.4. The van der Waals surface area contributed by atoms with Gasteiger partial charge in [0.05, 0.1) is 12.2 Å². The molecule has 0 spiro atoms. The van der Waals surface area contributed by atoms with Crippen molar-refractivity contribution in [1.29, 1.82) is 0 Å². The summed E-state index contributed by atoms with van der Waals surface area (Å²) in [4.78, 5) is 24.6. The molecule has 0 aliphatic carbocycles. The lowest BCUT2D eigenvalue weighted by atomic mass is 9.93. The lowest BCUT2D eigenvalue weighted by molar-refractivity contribution is -0.192. The van der Waals surface area contributed by atoms with E-state index >= 15 is 8.78 Å². The lowest BCUT2D eigenvalue weighted by Crippen LogP contribution is -2.47. The molecule has 0 bridgehead atoms. The molecular weight excluding hydrogens is 463 g/mol. The van der Waals surface area contributed by atoms with Gasteiger partial charge in [0.15, 0.2) is 5.67 Å². The molecule has 34 heavy (non-hydrogen) atoms. The number of aryl methyl sites for hydroxylation is 2. The number of halogens is 5. The zero-order chi connectivity index (χ0) is 25.5. The largest absolute Gasteiger partial charge is 0.490 e. The number of aromatic nitrogens is 2. The molecule has 2 saturated heterocycles. The predicted octanol–water partition coefficient (Wildman–Crippen LogP) is 2.94. The van der Waals surface area contributed by atoms with E-state index in [1.807, 2.05) is 51.2 Å². The Kier molecular flexibility index (Phi) is 6.75. The maximum absolute atomic E-state index is 15.6. The predicted molar refractivity (Wildman–Crippen MR) is 111 cm³/mol. The minimum Gasteiger partial charge on any atom is -0.475 e. The number of carbonyl (C=O) groups excluding carboxylic acids is 1. The fourth-order valence-corrected chi connectivity index (χ4v) is 4.36. The summed E-state index contributed by atoms with van der Waals surface area (Å²) in [7, 11) is 1.85. The van der Waals surface area contributed by atoms with Gasteiger partial charge >= 0.3 is 12.1 Å². The Morgan fingerprint density at radius 3 is 2.15 bits per heavy atom. The van der Waals surface area contributed by atoms with Crippen LogP contribution in [0, 0.1) is 13.8 Å². The van der Waals surface area contributed by atoms with Crippen LogP contribution in [0.4, 0.5) is 22.0 Å². The Labute approximate surface area is 192 Å². The van der Waals surface area contributed by atoms with Crippen LogP contribution in [0.1, 0.15) is 22.5 Å². The van der Waals surface area contributed by atoms with Gasteiger partial charge < -0.3 is 10.0 Å². The van der Waals surface area contributed by atoms with Gasteiger partial charge in [-0.2, -0.15) is 18.3 Å². The third-order valence-corrected chi connectivity index (χ3v) is 6.19. The smallest absolute Gasteiger partial charge is 0.475 e. The number of carboxylic acids is 1. The molecule has 1 aromatic heterocycles. The third-order valence-electron chi connectivity index (χ3n) is 6.19. The number of likely N-dealkylation sites (tertiary alicyclic amines) is 2. The van der Waals surface area contributed by atoms with E-state index in [1.165, 1.54) is 4.90 Å². The number of hydrogen-bond donors (Lipinski definition) is 1. The zero-order valence-corrected chi connectivity index (χ0v) is 18.9. The van der Waals surface area contributed by atoms with E-state index in [2.05, 4.69) is 5.10 Å². The SMILES string of the molecule is Cc1nn(C)c(C)c1CN1C[C@]2(F)CN(Cc3ccccc3)C(=O)[C@]2(F)C1.O=C(O)C(F)(F)F. The number of amides is 1. The number of rotatable bonds is 4. The number of aliphatic carboxylic acids is 1. The molecular formula is C22H25F5N4O3. The van der Waals surface area contributed by atoms with Crippen LogP contribution in [0.15, 0.2) is 30.3 Å². The molecule has 0 radical (unpaired) electrons. The van der Waals surface area contributed by atoms with Crippen molar-refractivity contribution >= 4 is 11.9 Å². The van der Waals surface area contributed by atoms with E-state index in [9.17, 15) is 18.0 Å². The molecule has 2 aliphatic heterocycles. The highest BCUT2D eigenvalue weighted by atomic mass is 19.4. The Morgan fingerprint density at radius 2 is 1.68 bits per heavy atom. The van der Waals surface area contributed by atoms with Crippen LogP contribution in [0.5, 0.6) is 0 Å². The van der Waals surface area contributed by atoms with Crippen LogP contribution in [-0.2, 0) is 29.7 Å². The van der Waals surface area contributed by atoms with Crippen molar-refractivity contribution in [3.8, 4) is 0 Å². The van der Waals surface area contributed by atoms with Crippen LogP contribution < -0.4 is 0 Å². The van der Waals surface area contributed by atoms with Crippen LogP contribution in [0.25, 0.3) is 0 Å². The summed E-state index contributed by atoms with van der Waals surface area (Å²) in [5.74, 6) is -3.50. The van der Waals surface area contributed by atoms with Gasteiger partial charge in [-0.3, -0.25) is 14.4 Å². The summed E-state index contributed by atoms with van der Waals surface area (Å²) >= 11 is 0. The molecule has 2 fully saturated rings. The summed E-state index contributed by atoms with van der Waals surface area (Å²) in [6.07, 6.45) is -5.08. The molecule has 2 aliphatic rings. The maximum Gasteiger partial charge on any atom is 0.490 e. The summed E-state index contributed by atoms with van der Waals surface area (Å²) in [6.45, 7) is 3.94. The molecule has 3 heterocycles. The molecule has 4 rings (SSSR count). The topological polar surface area (TPSA) is 78.7 Å². The molecule has 1 amide bonds. The highest BCUT2D eigenvalue weighted by Crippen LogP contribution is 2.46. The first-order valence-corrected chi connectivity index (χ1v) is 10.4. The molecule has 0 saturated carbocycles. The first kappa shape index (κ1) is 25.6. The molecule has 1 N–H and O–H groups in total. The zero-order valence-electron chi connectivity index (χ0n) is 18.9. The van der Waals surface area contributed by atoms with E-state index < -0.39 is 29.4 Å². The highest BCUT2D eigenvalue weighted by molar-refractivity contribution is 5.90. The average molecular weight is 488 g/mol. The Hall–Kier alpha value is -3.02. The van der Waals surface area contributed by atoms with Crippen LogP contribution in [-0.4, -0.2) is 73.7 Å². The van der Waals surface area contributed by atoms with Gasteiger partial charge in [-0.25, -0.2) is 13.6 Å². The van der Waals surface area contributed by atoms with Crippen molar-refractivity contribution in [1.82, 2.24) is 19.6 Å². The summed E-state index contributed by atoms with van der Waals surface area (Å²) < 4.78 is 64.6. The first-order chi connectivity index (χ1) is 15.7. The van der Waals surface area contributed by atoms with Gasteiger partial charge in [-0.15, -0.1) is 0 Å². The minimum atomic E-state index is -5.08. The maximum atomic E-state index is 15.6. The Morgan fingerprint density at radius 1 is 1.09 bits per heavy atom. The van der Waals surface area contributed by atoms with Crippen molar-refractivity contribution in [3.05, 3.63) is 52.8 Å². The standard InChI is InChI=1S/C20H24F2N4O.C2HF3O2/c1-14-17(15(2)24(3)23-14)10-25-11-19(21)12-26(18(27)20(19,22)13-25)9-16-7-5-4-6-8-16;3-2(4,5)1(6)7/h4-8H,9-13H2,1-3H3;(H,6,7)/t19-,20+;/m0./s1. The number of hydrogen-bond acceptors (Lipinski definition) is 4. The van der Waals surface area contributed by atoms with Gasteiger partial charge in [-0.05, 0) is 19.4 Å². The van der Waals surface area contributed by atoms with E-state index in [0.29, 0.717) is 6.54 Å². The summed E-state index contributed by atoms with van der Waals surface area (Å²) in [5.41, 5.74) is -0.989. The number of nitrogens with zero attached hydrogens (tertiary/aromatic N) is 4. The highest BCUT2D eigenvalue weighted by Gasteiger charge is 2.70. The molecule has 2 atom stereocenters. The summed E-state index contributed by atoms with van der Waals surface area (Å²) in [5, 5.41) is 11.5. The second-order valence-electron chi connectivity index (χ2n) is 8.63. The quantitative estimate of drug-likeness (QED) is 0.670. The van der Waals surface area contributed by atoms with Crippen molar-refractivity contribution in [2.45, 2.75) is 44.5 Å². The average Bonchev–Trinajstić information content (AvgIpc) is 3.20. The van der Waals surface area contributed by atoms with E-state index in [1.54, 1.807) is 9.58 Å². The van der Waals surface area contributed by atoms with Crippen LogP contribution in [0.3, 0.4) is 0 Å². The third kappa shape index (κ3) is 4.77. The number of benzene rings is 1. The van der Waals surface area contributed by atoms with Crippen LogP contribution in [0.2, 0.25) is 0 Å². The van der Waals surface area contributed by atoms with Crippen molar-refractivity contribution in [2.75, 3.05) is 19.6 Å². The fourth-order valence-electron chi connectivity index (χ4n) is 4.36. The normalized spacial score (nSPS) is 24.7. The van der Waals surface area contributed by atoms with Crippen molar-refractivity contribution < 1.29 is 36.6 Å². The Bertz CT molecular complexity index is 1070. The lowest BCUT2D eigenvalue weighted by Gasteiger charge is -2.22. The fraction of sp³-hybridized carbons (Fsp3) is 0.500. The van der Waals surface area contributed by atoms with E-state index in [-0.39, 0.29) is 26.2 Å². The van der Waals surface area contributed by atoms with Gasteiger partial charge in [0.2, 0.25) is 5.67 Å². The monoisotopic (exact) mass is 488 g/mol. The molecule has 12 heteroatoms. The number of carbonyl (C=O) groups is 2. The van der Waals surface area contributed by atoms with Crippen LogP contribution >= 0.6 is 0 Å². The molecule has 7 nitrogen and oxygen atoms in total. The summed E-state index contributed by atoms with van der Waals surface area (Å²) in [6, 6.07) is 9.30. The molecule has 186 valence electrons. The van der Waals surface area contributed by atoms with Gasteiger partial charge in [0, 0.05) is 44.5 Å².